The minimum Gasteiger partial charge on any atom is -0.489 e. The Balaban J connectivity index is 1.29. The summed E-state index contributed by atoms with van der Waals surface area (Å²) >= 11 is 6.15. The van der Waals surface area contributed by atoms with E-state index in [9.17, 15) is 4.79 Å². The number of halogens is 1. The Kier molecular flexibility index (Phi) is 7.30. The highest BCUT2D eigenvalue weighted by Gasteiger charge is 2.27. The van der Waals surface area contributed by atoms with Gasteiger partial charge in [0.2, 0.25) is 0 Å². The Morgan fingerprint density at radius 1 is 1.36 bits per heavy atom. The summed E-state index contributed by atoms with van der Waals surface area (Å²) in [5, 5.41) is 11.0. The van der Waals surface area contributed by atoms with Crippen LogP contribution in [0.5, 0.6) is 5.75 Å². The third-order valence-corrected chi connectivity index (χ3v) is 5.90. The number of ether oxygens (including phenoxy) is 1. The van der Waals surface area contributed by atoms with Crippen LogP contribution in [0.25, 0.3) is 11.3 Å². The molecule has 3 N–H and O–H groups in total. The molecule has 0 spiro atoms. The van der Waals surface area contributed by atoms with E-state index in [0.29, 0.717) is 35.5 Å². The summed E-state index contributed by atoms with van der Waals surface area (Å²) in [6, 6.07) is 3.41. The number of anilines is 1. The molecule has 1 atom stereocenters. The minimum atomic E-state index is -0.264. The first-order valence-corrected chi connectivity index (χ1v) is 11.2. The Labute approximate surface area is 196 Å². The van der Waals surface area contributed by atoms with E-state index in [1.165, 1.54) is 12.5 Å². The van der Waals surface area contributed by atoms with Gasteiger partial charge in [-0.2, -0.15) is 0 Å². The third-order valence-electron chi connectivity index (χ3n) is 5.60. The van der Waals surface area contributed by atoms with Crippen molar-refractivity contribution >= 4 is 23.3 Å². The second kappa shape index (κ2) is 10.5. The average molecular weight is 472 g/mol. The van der Waals surface area contributed by atoms with Crippen LogP contribution >= 0.6 is 11.6 Å². The van der Waals surface area contributed by atoms with Gasteiger partial charge in [0.1, 0.15) is 17.7 Å². The average Bonchev–Trinajstić information content (AvgIpc) is 3.29. The monoisotopic (exact) mass is 471 g/mol. The summed E-state index contributed by atoms with van der Waals surface area (Å²) in [7, 11) is 1.81. The minimum absolute atomic E-state index is 0.264. The fraction of sp³-hybridized carbons (Fsp3) is 0.429. The van der Waals surface area contributed by atoms with Crippen LogP contribution in [-0.2, 0) is 7.05 Å². The highest BCUT2D eigenvalue weighted by molar-refractivity contribution is 6.18. The van der Waals surface area contributed by atoms with Gasteiger partial charge >= 0.3 is 0 Å². The van der Waals surface area contributed by atoms with Gasteiger partial charge in [0.15, 0.2) is 11.6 Å². The molecule has 0 aliphatic carbocycles. The number of pyridine rings is 1. The quantitative estimate of drug-likeness (QED) is 0.466. The summed E-state index contributed by atoms with van der Waals surface area (Å²) in [6.07, 6.45) is 7.91. The number of piperidine rings is 1. The van der Waals surface area contributed by atoms with E-state index in [0.717, 1.165) is 31.5 Å². The fourth-order valence-corrected chi connectivity index (χ4v) is 3.98. The summed E-state index contributed by atoms with van der Waals surface area (Å²) in [4.78, 5) is 26.6. The van der Waals surface area contributed by atoms with Gasteiger partial charge < -0.3 is 15.8 Å². The number of likely N-dealkylation sites (tertiary alicyclic amines) is 1. The molecular weight excluding hydrogens is 446 g/mol. The summed E-state index contributed by atoms with van der Waals surface area (Å²) in [5.74, 6) is 1.26. The van der Waals surface area contributed by atoms with E-state index in [-0.39, 0.29) is 18.0 Å². The second-order valence-corrected chi connectivity index (χ2v) is 8.22. The predicted octanol–water partition coefficient (Wildman–Crippen LogP) is 1.33. The van der Waals surface area contributed by atoms with Crippen LogP contribution < -0.4 is 15.8 Å². The number of hydrogen-bond acceptors (Lipinski definition) is 9. The molecule has 0 bridgehead atoms. The van der Waals surface area contributed by atoms with E-state index in [1.54, 1.807) is 24.0 Å². The molecule has 0 saturated carbocycles. The Morgan fingerprint density at radius 3 is 2.85 bits per heavy atom. The van der Waals surface area contributed by atoms with E-state index < -0.39 is 0 Å². The molecule has 1 unspecified atom stereocenters. The Morgan fingerprint density at radius 2 is 2.18 bits per heavy atom. The van der Waals surface area contributed by atoms with Crippen molar-refractivity contribution < 1.29 is 9.53 Å². The van der Waals surface area contributed by atoms with Crippen molar-refractivity contribution in [1.29, 1.82) is 0 Å². The largest absolute Gasteiger partial charge is 0.489 e. The number of nitrogens with zero attached hydrogens (tertiary/aromatic N) is 7. The highest BCUT2D eigenvalue weighted by atomic mass is 35.5. The van der Waals surface area contributed by atoms with Crippen molar-refractivity contribution in [3.05, 3.63) is 42.7 Å². The molecule has 1 saturated heterocycles. The molecule has 11 nitrogen and oxygen atoms in total. The zero-order chi connectivity index (χ0) is 23.2. The van der Waals surface area contributed by atoms with Crippen molar-refractivity contribution in [2.75, 3.05) is 31.3 Å². The molecule has 4 rings (SSSR count). The van der Waals surface area contributed by atoms with Crippen molar-refractivity contribution in [3.63, 3.8) is 0 Å². The summed E-state index contributed by atoms with van der Waals surface area (Å²) in [5.41, 5.74) is 7.84. The van der Waals surface area contributed by atoms with Crippen LogP contribution in [-0.4, -0.2) is 72.5 Å². The number of nitrogens with one attached hydrogen (secondary N) is 1. The first kappa shape index (κ1) is 22.9. The molecule has 1 amide bonds. The van der Waals surface area contributed by atoms with Gasteiger partial charge in [-0.3, -0.25) is 14.4 Å². The van der Waals surface area contributed by atoms with Gasteiger partial charge in [-0.25, -0.2) is 15.0 Å². The summed E-state index contributed by atoms with van der Waals surface area (Å²) in [6.45, 7) is 2.12. The van der Waals surface area contributed by atoms with E-state index in [4.69, 9.17) is 22.1 Å². The van der Waals surface area contributed by atoms with Gasteiger partial charge in [0.25, 0.3) is 5.91 Å². The first-order valence-electron chi connectivity index (χ1n) is 10.7. The van der Waals surface area contributed by atoms with Crippen LogP contribution in [0.2, 0.25) is 0 Å². The normalized spacial score (nSPS) is 15.8. The Bertz CT molecular complexity index is 1070. The lowest BCUT2D eigenvalue weighted by molar-refractivity contribution is 0.0759. The van der Waals surface area contributed by atoms with Crippen LogP contribution in [0.4, 0.5) is 5.82 Å². The molecule has 0 aromatic carbocycles. The van der Waals surface area contributed by atoms with Crippen molar-refractivity contribution in [2.45, 2.75) is 19.0 Å². The molecule has 1 aliphatic rings. The Hall–Kier alpha value is -3.31. The molecule has 1 aliphatic heterocycles. The maximum Gasteiger partial charge on any atom is 0.271 e. The van der Waals surface area contributed by atoms with Gasteiger partial charge in [0.05, 0.1) is 24.8 Å². The SMILES string of the molecule is Cn1cc(-c2cnc(N)c(OCC3CCN(C(CCl)NC(=O)c4ccncn4)CC3)c2)nn1. The van der Waals surface area contributed by atoms with Gasteiger partial charge in [0, 0.05) is 38.1 Å². The van der Waals surface area contributed by atoms with Gasteiger partial charge in [-0.15, -0.1) is 16.7 Å². The predicted molar refractivity (Wildman–Crippen MR) is 122 cm³/mol. The zero-order valence-corrected chi connectivity index (χ0v) is 19.0. The second-order valence-electron chi connectivity index (χ2n) is 7.91. The number of aromatic nitrogens is 6. The number of nitrogen functional groups attached to an aromatic ring is 1. The van der Waals surface area contributed by atoms with E-state index >= 15 is 0 Å². The molecular formula is C21H26ClN9O2. The molecule has 12 heteroatoms. The molecule has 0 radical (unpaired) electrons. The maximum atomic E-state index is 12.4. The number of hydrogen-bond donors (Lipinski definition) is 2. The zero-order valence-electron chi connectivity index (χ0n) is 18.3. The standard InChI is InChI=1S/C21H26ClN9O2/c1-30-11-17(28-29-30)15-8-18(20(23)25-10-15)33-12-14-3-6-31(7-4-14)19(9-22)27-21(32)16-2-5-24-13-26-16/h2,5,8,10-11,13-14,19H,3-4,6-7,9,12H2,1H3,(H2,23,25)(H,27,32). The van der Waals surface area contributed by atoms with Gasteiger partial charge in [-0.05, 0) is 30.9 Å². The number of carbonyl (C=O) groups is 1. The van der Waals surface area contributed by atoms with Crippen LogP contribution in [0, 0.1) is 5.92 Å². The van der Waals surface area contributed by atoms with Crippen molar-refractivity contribution in [2.24, 2.45) is 13.0 Å². The smallest absolute Gasteiger partial charge is 0.271 e. The lowest BCUT2D eigenvalue weighted by atomic mass is 9.97. The maximum absolute atomic E-state index is 12.4. The first-order chi connectivity index (χ1) is 16.0. The number of alkyl halides is 1. The van der Waals surface area contributed by atoms with E-state index in [1.807, 2.05) is 12.3 Å². The third kappa shape index (κ3) is 5.74. The highest BCUT2D eigenvalue weighted by Crippen LogP contribution is 2.27. The number of amides is 1. The van der Waals surface area contributed by atoms with Gasteiger partial charge in [-0.1, -0.05) is 5.21 Å². The van der Waals surface area contributed by atoms with Crippen LogP contribution in [0.3, 0.4) is 0 Å². The lowest BCUT2D eigenvalue weighted by Crippen LogP contribution is -2.52. The van der Waals surface area contributed by atoms with Crippen molar-refractivity contribution in [3.8, 4) is 17.0 Å². The topological polar surface area (TPSA) is 137 Å². The number of nitrogens with two attached hydrogens (primary N) is 1. The number of rotatable bonds is 8. The van der Waals surface area contributed by atoms with Crippen LogP contribution in [0.1, 0.15) is 23.3 Å². The molecule has 174 valence electrons. The van der Waals surface area contributed by atoms with Crippen molar-refractivity contribution in [1.82, 2.24) is 40.2 Å². The molecule has 3 aromatic rings. The number of aryl methyl sites for hydroxylation is 1. The molecule has 3 aromatic heterocycles. The molecule has 33 heavy (non-hydrogen) atoms. The summed E-state index contributed by atoms with van der Waals surface area (Å²) < 4.78 is 7.65. The lowest BCUT2D eigenvalue weighted by Gasteiger charge is -2.36. The molecule has 4 heterocycles. The fourth-order valence-electron chi connectivity index (χ4n) is 3.71. The van der Waals surface area contributed by atoms with E-state index in [2.05, 4.69) is 35.5 Å². The van der Waals surface area contributed by atoms with Crippen LogP contribution in [0.15, 0.2) is 37.1 Å². The number of carbonyl (C=O) groups excluding carboxylic acids is 1. The molecule has 1 fully saturated rings.